The van der Waals surface area contributed by atoms with Crippen molar-refractivity contribution in [2.45, 2.75) is 73.8 Å². The number of rotatable bonds is 6. The number of benzene rings is 1. The second kappa shape index (κ2) is 12.2. The monoisotopic (exact) mass is 422 g/mol. The Morgan fingerprint density at radius 1 is 0.933 bits per heavy atom. The maximum Gasteiger partial charge on any atom is 0.407 e. The number of carbonyl (C=O) groups excluding carboxylic acids is 3. The third-order valence-electron chi connectivity index (χ3n) is 3.62. The molecule has 0 saturated carbocycles. The van der Waals surface area contributed by atoms with Gasteiger partial charge >= 0.3 is 12.1 Å². The van der Waals surface area contributed by atoms with E-state index in [9.17, 15) is 14.4 Å². The van der Waals surface area contributed by atoms with Gasteiger partial charge in [0.05, 0.1) is 11.3 Å². The SMILES string of the molecule is CC.CCNC(=O)C(CNC(=O)OC(C)(C)C)c1ccc(OC(=O)C(C)(C)C)cc1. The summed E-state index contributed by atoms with van der Waals surface area (Å²) in [7, 11) is 0. The number of hydrogen-bond donors (Lipinski definition) is 2. The van der Waals surface area contributed by atoms with Crippen molar-refractivity contribution in [2.75, 3.05) is 13.1 Å². The van der Waals surface area contributed by atoms with Gasteiger partial charge in [0, 0.05) is 13.1 Å². The van der Waals surface area contributed by atoms with Crippen LogP contribution >= 0.6 is 0 Å². The van der Waals surface area contributed by atoms with Gasteiger partial charge < -0.3 is 20.1 Å². The average molecular weight is 423 g/mol. The molecule has 1 aromatic carbocycles. The summed E-state index contributed by atoms with van der Waals surface area (Å²) in [6.45, 7) is 17.0. The van der Waals surface area contributed by atoms with Crippen molar-refractivity contribution < 1.29 is 23.9 Å². The van der Waals surface area contributed by atoms with E-state index in [-0.39, 0.29) is 18.4 Å². The van der Waals surface area contributed by atoms with Gasteiger partial charge in [-0.25, -0.2) is 4.79 Å². The van der Waals surface area contributed by atoms with Crippen LogP contribution in [0, 0.1) is 5.41 Å². The largest absolute Gasteiger partial charge is 0.444 e. The zero-order valence-electron chi connectivity index (χ0n) is 19.8. The van der Waals surface area contributed by atoms with Gasteiger partial charge in [-0.2, -0.15) is 0 Å². The number of nitrogens with one attached hydrogen (secondary N) is 2. The summed E-state index contributed by atoms with van der Waals surface area (Å²) in [5, 5.41) is 5.40. The first-order chi connectivity index (χ1) is 13.8. The lowest BCUT2D eigenvalue weighted by Gasteiger charge is -2.22. The molecule has 1 aromatic rings. The number of hydrogen-bond acceptors (Lipinski definition) is 5. The fourth-order valence-corrected chi connectivity index (χ4v) is 2.19. The van der Waals surface area contributed by atoms with E-state index in [0.717, 1.165) is 0 Å². The molecule has 2 N–H and O–H groups in total. The van der Waals surface area contributed by atoms with E-state index in [2.05, 4.69) is 10.6 Å². The van der Waals surface area contributed by atoms with Crippen molar-refractivity contribution in [3.05, 3.63) is 29.8 Å². The molecule has 1 atom stereocenters. The topological polar surface area (TPSA) is 93.7 Å². The highest BCUT2D eigenvalue weighted by atomic mass is 16.6. The van der Waals surface area contributed by atoms with Crippen LogP contribution in [-0.2, 0) is 14.3 Å². The van der Waals surface area contributed by atoms with Gasteiger partial charge in [0.1, 0.15) is 11.4 Å². The Balaban J connectivity index is 0.00000407. The molecule has 0 fully saturated rings. The number of amides is 2. The maximum absolute atomic E-state index is 12.4. The van der Waals surface area contributed by atoms with Crippen molar-refractivity contribution >= 4 is 18.0 Å². The molecular weight excluding hydrogens is 384 g/mol. The van der Waals surface area contributed by atoms with Gasteiger partial charge in [-0.1, -0.05) is 26.0 Å². The molecule has 0 heterocycles. The Morgan fingerprint density at radius 3 is 1.90 bits per heavy atom. The maximum atomic E-state index is 12.4. The van der Waals surface area contributed by atoms with Gasteiger partial charge in [0.2, 0.25) is 5.91 Å². The van der Waals surface area contributed by atoms with Crippen LogP contribution in [0.4, 0.5) is 4.79 Å². The Labute approximate surface area is 180 Å². The Bertz CT molecular complexity index is 685. The summed E-state index contributed by atoms with van der Waals surface area (Å²) in [6, 6.07) is 6.70. The standard InChI is InChI=1S/C21H32N2O5.C2H6/c1-8-22-17(24)16(13-23-19(26)28-21(5,6)7)14-9-11-15(12-10-14)27-18(25)20(2,3)4;1-2/h9-12,16H,8,13H2,1-7H3,(H,22,24)(H,23,26);1-2H3. The average Bonchev–Trinajstić information content (AvgIpc) is 2.63. The zero-order valence-corrected chi connectivity index (χ0v) is 19.8. The second-order valence-electron chi connectivity index (χ2n) is 8.54. The van der Waals surface area contributed by atoms with Gasteiger partial charge in [0.25, 0.3) is 0 Å². The molecule has 0 aliphatic rings. The molecule has 0 aliphatic heterocycles. The minimum Gasteiger partial charge on any atom is -0.444 e. The van der Waals surface area contributed by atoms with Crippen molar-refractivity contribution in [3.8, 4) is 5.75 Å². The molecule has 0 radical (unpaired) electrons. The molecule has 0 aliphatic carbocycles. The number of alkyl carbamates (subject to hydrolysis) is 1. The Morgan fingerprint density at radius 2 is 1.47 bits per heavy atom. The second-order valence-corrected chi connectivity index (χ2v) is 8.54. The zero-order chi connectivity index (χ0) is 23.5. The van der Waals surface area contributed by atoms with E-state index in [1.807, 2.05) is 20.8 Å². The smallest absolute Gasteiger partial charge is 0.407 e. The van der Waals surface area contributed by atoms with Crippen molar-refractivity contribution in [1.29, 1.82) is 0 Å². The van der Waals surface area contributed by atoms with Gasteiger partial charge in [-0.3, -0.25) is 9.59 Å². The highest BCUT2D eigenvalue weighted by molar-refractivity contribution is 5.84. The fourth-order valence-electron chi connectivity index (χ4n) is 2.19. The molecule has 7 heteroatoms. The molecule has 0 bridgehead atoms. The van der Waals surface area contributed by atoms with E-state index in [4.69, 9.17) is 9.47 Å². The van der Waals surface area contributed by atoms with Crippen LogP contribution in [0.1, 0.15) is 73.8 Å². The van der Waals surface area contributed by atoms with Crippen LogP contribution in [0.15, 0.2) is 24.3 Å². The van der Waals surface area contributed by atoms with Crippen molar-refractivity contribution in [1.82, 2.24) is 10.6 Å². The van der Waals surface area contributed by atoms with Gasteiger partial charge in [-0.05, 0) is 66.2 Å². The summed E-state index contributed by atoms with van der Waals surface area (Å²) in [6.07, 6.45) is -0.586. The molecule has 170 valence electrons. The summed E-state index contributed by atoms with van der Waals surface area (Å²) < 4.78 is 10.6. The number of ether oxygens (including phenoxy) is 2. The van der Waals surface area contributed by atoms with E-state index < -0.39 is 23.0 Å². The predicted octanol–water partition coefficient (Wildman–Crippen LogP) is 4.41. The molecule has 7 nitrogen and oxygen atoms in total. The first-order valence-electron chi connectivity index (χ1n) is 10.4. The van der Waals surface area contributed by atoms with E-state index in [1.165, 1.54) is 0 Å². The molecule has 1 rings (SSSR count). The summed E-state index contributed by atoms with van der Waals surface area (Å²) in [5.41, 5.74) is -0.541. The van der Waals surface area contributed by atoms with E-state index in [0.29, 0.717) is 17.9 Å². The van der Waals surface area contributed by atoms with Crippen molar-refractivity contribution in [2.24, 2.45) is 5.41 Å². The van der Waals surface area contributed by atoms with Crippen LogP contribution in [0.25, 0.3) is 0 Å². The third kappa shape index (κ3) is 10.3. The van der Waals surface area contributed by atoms with E-state index in [1.54, 1.807) is 65.8 Å². The highest BCUT2D eigenvalue weighted by Crippen LogP contribution is 2.23. The number of esters is 1. The highest BCUT2D eigenvalue weighted by Gasteiger charge is 2.25. The van der Waals surface area contributed by atoms with Gasteiger partial charge in [0.15, 0.2) is 0 Å². The normalized spacial score (nSPS) is 12.0. The van der Waals surface area contributed by atoms with Gasteiger partial charge in [-0.15, -0.1) is 0 Å². The first-order valence-corrected chi connectivity index (χ1v) is 10.4. The van der Waals surface area contributed by atoms with Crippen LogP contribution in [0.5, 0.6) is 5.75 Å². The first kappa shape index (κ1) is 27.4. The predicted molar refractivity (Wildman–Crippen MR) is 119 cm³/mol. The fraction of sp³-hybridized carbons (Fsp3) is 0.609. The van der Waals surface area contributed by atoms with Crippen LogP contribution < -0.4 is 15.4 Å². The van der Waals surface area contributed by atoms with E-state index >= 15 is 0 Å². The molecule has 0 aromatic heterocycles. The number of likely N-dealkylation sites (N-methyl/N-ethyl adjacent to an activating group) is 1. The van der Waals surface area contributed by atoms with Crippen LogP contribution in [0.3, 0.4) is 0 Å². The Kier molecular flexibility index (Phi) is 11.2. The lowest BCUT2D eigenvalue weighted by molar-refractivity contribution is -0.143. The van der Waals surface area contributed by atoms with Crippen LogP contribution in [0.2, 0.25) is 0 Å². The molecule has 30 heavy (non-hydrogen) atoms. The number of carbonyl (C=O) groups is 3. The third-order valence-corrected chi connectivity index (χ3v) is 3.62. The summed E-state index contributed by atoms with van der Waals surface area (Å²) in [5.74, 6) is -0.747. The molecular formula is C23H38N2O5. The minimum absolute atomic E-state index is 0.0852. The molecule has 2 amide bonds. The lowest BCUT2D eigenvalue weighted by atomic mass is 9.97. The summed E-state index contributed by atoms with van der Waals surface area (Å²) in [4.78, 5) is 36.4. The molecule has 0 spiro atoms. The quantitative estimate of drug-likeness (QED) is 0.523. The lowest BCUT2D eigenvalue weighted by Crippen LogP contribution is -2.39. The summed E-state index contributed by atoms with van der Waals surface area (Å²) >= 11 is 0. The molecule has 1 unspecified atom stereocenters. The minimum atomic E-state index is -0.621. The molecule has 0 saturated heterocycles. The van der Waals surface area contributed by atoms with Crippen LogP contribution in [-0.4, -0.2) is 36.7 Å². The Hall–Kier alpha value is -2.57. The van der Waals surface area contributed by atoms with Crippen molar-refractivity contribution in [3.63, 3.8) is 0 Å².